The zero-order valence-corrected chi connectivity index (χ0v) is 17.9. The SMILES string of the molecule is CCC(=O)c1ccc(OC[C@H](O)C[NH+]2CCN(c3ccc(C)c(Cl)c3)CC2)cc1. The second-order valence-electron chi connectivity index (χ2n) is 7.64. The molecule has 1 aliphatic rings. The van der Waals surface area contributed by atoms with Gasteiger partial charge in [-0.25, -0.2) is 0 Å². The second kappa shape index (κ2) is 10.1. The molecule has 1 heterocycles. The summed E-state index contributed by atoms with van der Waals surface area (Å²) in [5.41, 5.74) is 2.94. The van der Waals surface area contributed by atoms with Gasteiger partial charge in [0.25, 0.3) is 0 Å². The number of aliphatic hydroxyl groups excluding tert-OH is 1. The van der Waals surface area contributed by atoms with Crippen LogP contribution < -0.4 is 14.5 Å². The maximum atomic E-state index is 11.7. The Kier molecular flexibility index (Phi) is 7.53. The van der Waals surface area contributed by atoms with E-state index in [2.05, 4.69) is 17.0 Å². The van der Waals surface area contributed by atoms with Crippen LogP contribution in [0.3, 0.4) is 0 Å². The zero-order valence-electron chi connectivity index (χ0n) is 17.2. The molecule has 2 aromatic rings. The lowest BCUT2D eigenvalue weighted by Gasteiger charge is -2.34. The standard InChI is InChI=1S/C23H29ClN2O3/c1-3-23(28)18-5-8-21(9-6-18)29-16-20(27)15-25-10-12-26(13-11-25)19-7-4-17(2)22(24)14-19/h4-9,14,20,27H,3,10-13,15-16H2,1-2H3/p+1/t20-/m1/s1. The van der Waals surface area contributed by atoms with Gasteiger partial charge in [-0.2, -0.15) is 0 Å². The molecule has 2 N–H and O–H groups in total. The first-order chi connectivity index (χ1) is 14.0. The molecule has 0 aliphatic carbocycles. The number of hydrogen-bond donors (Lipinski definition) is 2. The molecule has 1 saturated heterocycles. The molecule has 1 aliphatic heterocycles. The molecule has 1 atom stereocenters. The Bertz CT molecular complexity index is 817. The summed E-state index contributed by atoms with van der Waals surface area (Å²) in [6, 6.07) is 13.3. The van der Waals surface area contributed by atoms with Crippen LogP contribution in [0.2, 0.25) is 5.02 Å². The Morgan fingerprint density at radius 3 is 2.52 bits per heavy atom. The highest BCUT2D eigenvalue weighted by Gasteiger charge is 2.23. The molecule has 0 aromatic heterocycles. The summed E-state index contributed by atoms with van der Waals surface area (Å²) in [6.07, 6.45) is -0.0337. The molecule has 2 aromatic carbocycles. The summed E-state index contributed by atoms with van der Waals surface area (Å²) in [5, 5.41) is 11.2. The molecular weight excluding hydrogens is 388 g/mol. The number of Topliss-reactive ketones (excluding diaryl/α,β-unsaturated/α-hetero) is 1. The smallest absolute Gasteiger partial charge is 0.162 e. The number of hydrogen-bond acceptors (Lipinski definition) is 4. The molecule has 0 radical (unpaired) electrons. The van der Waals surface area contributed by atoms with E-state index in [1.807, 2.05) is 19.9 Å². The second-order valence-corrected chi connectivity index (χ2v) is 8.05. The van der Waals surface area contributed by atoms with Crippen LogP contribution in [0.4, 0.5) is 5.69 Å². The summed E-state index contributed by atoms with van der Waals surface area (Å²) in [7, 11) is 0. The largest absolute Gasteiger partial charge is 0.491 e. The van der Waals surface area contributed by atoms with Crippen LogP contribution in [0.1, 0.15) is 29.3 Å². The number of ketones is 1. The molecule has 3 rings (SSSR count). The first kappa shape index (κ1) is 21.6. The van der Waals surface area contributed by atoms with Crippen molar-refractivity contribution < 1.29 is 19.5 Å². The molecule has 0 saturated carbocycles. The fourth-order valence-electron chi connectivity index (χ4n) is 3.59. The van der Waals surface area contributed by atoms with Crippen molar-refractivity contribution in [3.05, 3.63) is 58.6 Å². The number of aliphatic hydroxyl groups is 1. The maximum Gasteiger partial charge on any atom is 0.162 e. The van der Waals surface area contributed by atoms with Crippen LogP contribution in [0.5, 0.6) is 5.75 Å². The van der Waals surface area contributed by atoms with Crippen LogP contribution in [-0.4, -0.2) is 56.3 Å². The van der Waals surface area contributed by atoms with Gasteiger partial charge in [-0.1, -0.05) is 24.6 Å². The maximum absolute atomic E-state index is 11.7. The highest BCUT2D eigenvalue weighted by molar-refractivity contribution is 6.31. The summed E-state index contributed by atoms with van der Waals surface area (Å²) in [4.78, 5) is 15.4. The van der Waals surface area contributed by atoms with Gasteiger partial charge in [-0.3, -0.25) is 4.79 Å². The normalized spacial score (nSPS) is 15.9. The predicted molar refractivity (Wildman–Crippen MR) is 117 cm³/mol. The molecule has 29 heavy (non-hydrogen) atoms. The third kappa shape index (κ3) is 5.95. The third-order valence-electron chi connectivity index (χ3n) is 5.46. The van der Waals surface area contributed by atoms with Crippen molar-refractivity contribution >= 4 is 23.1 Å². The number of quaternary nitrogens is 1. The summed E-state index contributed by atoms with van der Waals surface area (Å²) in [6.45, 7) is 8.59. The average molecular weight is 418 g/mol. The van der Waals surface area contributed by atoms with E-state index in [-0.39, 0.29) is 12.4 Å². The Labute approximate surface area is 177 Å². The van der Waals surface area contributed by atoms with E-state index in [4.69, 9.17) is 16.3 Å². The minimum absolute atomic E-state index is 0.118. The number of ether oxygens (including phenoxy) is 1. The van der Waals surface area contributed by atoms with Gasteiger partial charge in [0.2, 0.25) is 0 Å². The van der Waals surface area contributed by atoms with Crippen molar-refractivity contribution in [2.75, 3.05) is 44.2 Å². The van der Waals surface area contributed by atoms with Gasteiger partial charge in [0, 0.05) is 22.7 Å². The molecule has 5 nitrogen and oxygen atoms in total. The molecule has 0 spiro atoms. The third-order valence-corrected chi connectivity index (χ3v) is 5.86. The Balaban J connectivity index is 1.42. The lowest BCUT2D eigenvalue weighted by Crippen LogP contribution is -3.16. The Morgan fingerprint density at radius 1 is 1.21 bits per heavy atom. The van der Waals surface area contributed by atoms with Gasteiger partial charge < -0.3 is 19.6 Å². The van der Waals surface area contributed by atoms with Crippen molar-refractivity contribution in [1.82, 2.24) is 0 Å². The number of carbonyl (C=O) groups is 1. The highest BCUT2D eigenvalue weighted by Crippen LogP contribution is 2.23. The fraction of sp³-hybridized carbons (Fsp3) is 0.435. The van der Waals surface area contributed by atoms with Gasteiger partial charge in [-0.15, -0.1) is 0 Å². The fourth-order valence-corrected chi connectivity index (χ4v) is 3.76. The molecule has 0 bridgehead atoms. The Hall–Kier alpha value is -2.08. The monoisotopic (exact) mass is 417 g/mol. The predicted octanol–water partition coefficient (Wildman–Crippen LogP) is 2.39. The van der Waals surface area contributed by atoms with Crippen LogP contribution >= 0.6 is 11.6 Å². The molecule has 0 amide bonds. The molecule has 1 fully saturated rings. The lowest BCUT2D eigenvalue weighted by molar-refractivity contribution is -0.903. The highest BCUT2D eigenvalue weighted by atomic mass is 35.5. The van der Waals surface area contributed by atoms with Crippen molar-refractivity contribution in [3.63, 3.8) is 0 Å². The van der Waals surface area contributed by atoms with Crippen LogP contribution in [0.25, 0.3) is 0 Å². The summed E-state index contributed by atoms with van der Waals surface area (Å²) < 4.78 is 5.69. The number of halogens is 1. The van der Waals surface area contributed by atoms with Gasteiger partial charge in [0.15, 0.2) is 5.78 Å². The molecular formula is C23H30ClN2O3+. The number of rotatable bonds is 8. The van der Waals surface area contributed by atoms with Crippen molar-refractivity contribution in [2.45, 2.75) is 26.4 Å². The van der Waals surface area contributed by atoms with E-state index in [0.717, 1.165) is 42.5 Å². The lowest BCUT2D eigenvalue weighted by atomic mass is 10.1. The minimum Gasteiger partial charge on any atom is -0.491 e. The van der Waals surface area contributed by atoms with E-state index >= 15 is 0 Å². The quantitative estimate of drug-likeness (QED) is 0.647. The van der Waals surface area contributed by atoms with Crippen molar-refractivity contribution in [3.8, 4) is 5.75 Å². The van der Waals surface area contributed by atoms with Gasteiger partial charge in [-0.05, 0) is 48.9 Å². The number of piperazine rings is 1. The first-order valence-electron chi connectivity index (χ1n) is 10.2. The average Bonchev–Trinajstić information content (AvgIpc) is 2.74. The number of anilines is 1. The zero-order chi connectivity index (χ0) is 20.8. The van der Waals surface area contributed by atoms with E-state index < -0.39 is 6.10 Å². The first-order valence-corrected chi connectivity index (χ1v) is 10.6. The van der Waals surface area contributed by atoms with Gasteiger partial charge >= 0.3 is 0 Å². The molecule has 6 heteroatoms. The minimum atomic E-state index is -0.526. The summed E-state index contributed by atoms with van der Waals surface area (Å²) in [5.74, 6) is 0.792. The van der Waals surface area contributed by atoms with Crippen molar-refractivity contribution in [2.24, 2.45) is 0 Å². The van der Waals surface area contributed by atoms with Crippen LogP contribution in [-0.2, 0) is 0 Å². The Morgan fingerprint density at radius 2 is 1.90 bits per heavy atom. The van der Waals surface area contributed by atoms with Crippen molar-refractivity contribution in [1.29, 1.82) is 0 Å². The number of nitrogens with zero attached hydrogens (tertiary/aromatic N) is 1. The molecule has 0 unspecified atom stereocenters. The van der Waals surface area contributed by atoms with E-state index in [1.165, 1.54) is 4.90 Å². The van der Waals surface area contributed by atoms with Crippen LogP contribution in [0, 0.1) is 6.92 Å². The number of benzene rings is 2. The topological polar surface area (TPSA) is 54.2 Å². The van der Waals surface area contributed by atoms with E-state index in [0.29, 0.717) is 24.3 Å². The van der Waals surface area contributed by atoms with Gasteiger partial charge in [0.05, 0.1) is 26.2 Å². The summed E-state index contributed by atoms with van der Waals surface area (Å²) >= 11 is 6.25. The van der Waals surface area contributed by atoms with Crippen LogP contribution in [0.15, 0.2) is 42.5 Å². The molecule has 156 valence electrons. The van der Waals surface area contributed by atoms with E-state index in [9.17, 15) is 9.90 Å². The number of carbonyl (C=O) groups excluding carboxylic acids is 1. The number of aryl methyl sites for hydroxylation is 1. The van der Waals surface area contributed by atoms with E-state index in [1.54, 1.807) is 24.3 Å². The van der Waals surface area contributed by atoms with Gasteiger partial charge in [0.1, 0.15) is 25.0 Å². The number of nitrogens with one attached hydrogen (secondary N) is 1.